The first-order valence-electron chi connectivity index (χ1n) is 11.5. The van der Waals surface area contributed by atoms with E-state index in [1.54, 1.807) is 0 Å². The van der Waals surface area contributed by atoms with Crippen molar-refractivity contribution in [2.75, 3.05) is 6.54 Å². The van der Waals surface area contributed by atoms with Gasteiger partial charge in [0.05, 0.1) is 0 Å². The third kappa shape index (κ3) is 3.73. The van der Waals surface area contributed by atoms with Gasteiger partial charge in [-0.05, 0) is 75.0 Å². The summed E-state index contributed by atoms with van der Waals surface area (Å²) in [7, 11) is 0. The molecular weight excluding hydrogens is 322 g/mol. The Morgan fingerprint density at radius 1 is 0.923 bits per heavy atom. The zero-order chi connectivity index (χ0) is 18.1. The average Bonchev–Trinajstić information content (AvgIpc) is 3.30. The van der Waals surface area contributed by atoms with Crippen molar-refractivity contribution in [1.82, 2.24) is 4.90 Å². The highest BCUT2D eigenvalue weighted by Crippen LogP contribution is 2.51. The van der Waals surface area contributed by atoms with Crippen LogP contribution in [-0.2, 0) is 9.59 Å². The Hall–Kier alpha value is -0.860. The standard InChI is InChI=1S/C23H37NO2/c1-16(20-15-17-11-12-19(20)14-17)22(25)9-4-10-23(26)24-13-5-7-18-6-2-3-8-21(18)24/h16-21H,2-15H2,1H3/t16-,17?,18?,19?,20?,21?/m0/s1. The molecule has 3 saturated carbocycles. The van der Waals surface area contributed by atoms with Crippen LogP contribution in [0, 0.1) is 29.6 Å². The molecule has 0 N–H and O–H groups in total. The first-order valence-corrected chi connectivity index (χ1v) is 11.5. The minimum Gasteiger partial charge on any atom is -0.339 e. The van der Waals surface area contributed by atoms with Gasteiger partial charge in [-0.15, -0.1) is 0 Å². The molecule has 1 amide bonds. The molecule has 26 heavy (non-hydrogen) atoms. The summed E-state index contributed by atoms with van der Waals surface area (Å²) in [5.74, 6) is 4.08. The maximum atomic E-state index is 12.8. The predicted octanol–water partition coefficient (Wildman–Crippen LogP) is 4.98. The molecule has 1 heterocycles. The molecule has 0 aromatic rings. The van der Waals surface area contributed by atoms with E-state index in [1.165, 1.54) is 64.2 Å². The van der Waals surface area contributed by atoms with Crippen LogP contribution in [0.15, 0.2) is 0 Å². The van der Waals surface area contributed by atoms with Crippen LogP contribution in [0.1, 0.15) is 90.4 Å². The van der Waals surface area contributed by atoms with Crippen LogP contribution in [0.5, 0.6) is 0 Å². The van der Waals surface area contributed by atoms with Gasteiger partial charge in [-0.1, -0.05) is 26.2 Å². The van der Waals surface area contributed by atoms with Crippen LogP contribution in [0.3, 0.4) is 0 Å². The molecule has 0 spiro atoms. The lowest BCUT2D eigenvalue weighted by atomic mass is 9.77. The Balaban J connectivity index is 1.22. The van der Waals surface area contributed by atoms with Gasteiger partial charge in [0.2, 0.25) is 5.91 Å². The summed E-state index contributed by atoms with van der Waals surface area (Å²) in [5, 5.41) is 0. The largest absolute Gasteiger partial charge is 0.339 e. The number of ketones is 1. The van der Waals surface area contributed by atoms with Gasteiger partial charge in [-0.2, -0.15) is 0 Å². The Morgan fingerprint density at radius 2 is 1.73 bits per heavy atom. The first kappa shape index (κ1) is 18.5. The molecule has 0 aromatic carbocycles. The van der Waals surface area contributed by atoms with Crippen LogP contribution in [-0.4, -0.2) is 29.2 Å². The highest BCUT2D eigenvalue weighted by molar-refractivity contribution is 5.82. The number of carbonyl (C=O) groups is 2. The average molecular weight is 360 g/mol. The van der Waals surface area contributed by atoms with Crippen molar-refractivity contribution >= 4 is 11.7 Å². The number of Topliss-reactive ketones (excluding diaryl/α,β-unsaturated/α-hetero) is 1. The number of nitrogens with zero attached hydrogens (tertiary/aromatic N) is 1. The molecule has 6 atom stereocenters. The van der Waals surface area contributed by atoms with Gasteiger partial charge in [0, 0.05) is 31.3 Å². The number of likely N-dealkylation sites (tertiary alicyclic amines) is 1. The molecule has 4 fully saturated rings. The Kier molecular flexibility index (Phi) is 5.71. The molecule has 1 saturated heterocycles. The quantitative estimate of drug-likeness (QED) is 0.671. The summed E-state index contributed by atoms with van der Waals surface area (Å²) in [6.07, 6.45) is 15.0. The molecule has 3 heteroatoms. The fourth-order valence-electron chi connectivity index (χ4n) is 6.86. The normalized spacial score (nSPS) is 37.4. The van der Waals surface area contributed by atoms with E-state index in [-0.39, 0.29) is 5.92 Å². The highest BCUT2D eigenvalue weighted by Gasteiger charge is 2.43. The zero-order valence-corrected chi connectivity index (χ0v) is 16.6. The van der Waals surface area contributed by atoms with Gasteiger partial charge in [0.25, 0.3) is 0 Å². The van der Waals surface area contributed by atoms with E-state index in [9.17, 15) is 9.59 Å². The molecule has 3 nitrogen and oxygen atoms in total. The van der Waals surface area contributed by atoms with E-state index in [1.807, 2.05) is 0 Å². The van der Waals surface area contributed by atoms with Gasteiger partial charge in [-0.25, -0.2) is 0 Å². The number of amides is 1. The van der Waals surface area contributed by atoms with Crippen LogP contribution >= 0.6 is 0 Å². The number of hydrogen-bond donors (Lipinski definition) is 0. The number of rotatable bonds is 6. The predicted molar refractivity (Wildman–Crippen MR) is 104 cm³/mol. The van der Waals surface area contributed by atoms with Crippen molar-refractivity contribution in [3.63, 3.8) is 0 Å². The highest BCUT2D eigenvalue weighted by atomic mass is 16.2. The summed E-state index contributed by atoms with van der Waals surface area (Å²) >= 11 is 0. The molecule has 4 aliphatic rings. The van der Waals surface area contributed by atoms with Crippen molar-refractivity contribution in [1.29, 1.82) is 0 Å². The van der Waals surface area contributed by atoms with Gasteiger partial charge < -0.3 is 4.90 Å². The van der Waals surface area contributed by atoms with Crippen molar-refractivity contribution in [3.8, 4) is 0 Å². The number of carbonyl (C=O) groups excluding carboxylic acids is 2. The monoisotopic (exact) mass is 359 g/mol. The van der Waals surface area contributed by atoms with Crippen LogP contribution < -0.4 is 0 Å². The summed E-state index contributed by atoms with van der Waals surface area (Å²) in [5.41, 5.74) is 0. The van der Waals surface area contributed by atoms with Crippen molar-refractivity contribution in [2.45, 2.75) is 96.4 Å². The second kappa shape index (κ2) is 8.02. The van der Waals surface area contributed by atoms with Crippen LogP contribution in [0.2, 0.25) is 0 Å². The summed E-state index contributed by atoms with van der Waals surface area (Å²) in [6.45, 7) is 3.11. The van der Waals surface area contributed by atoms with E-state index in [0.717, 1.165) is 30.7 Å². The summed E-state index contributed by atoms with van der Waals surface area (Å²) < 4.78 is 0. The Bertz CT molecular complexity index is 528. The van der Waals surface area contributed by atoms with Gasteiger partial charge >= 0.3 is 0 Å². The molecule has 146 valence electrons. The molecule has 1 aliphatic heterocycles. The third-order valence-electron chi connectivity index (χ3n) is 8.32. The lowest BCUT2D eigenvalue weighted by Crippen LogP contribution is -2.49. The number of fused-ring (bicyclic) bond motifs is 3. The SMILES string of the molecule is C[C@H](C(=O)CCCC(=O)N1CCCC2CCCCC21)C1CC2CCC1C2. The summed E-state index contributed by atoms with van der Waals surface area (Å²) in [6, 6.07) is 0.508. The van der Waals surface area contributed by atoms with Crippen molar-refractivity contribution in [2.24, 2.45) is 29.6 Å². The Morgan fingerprint density at radius 3 is 2.50 bits per heavy atom. The molecule has 4 rings (SSSR count). The molecule has 0 radical (unpaired) electrons. The fourth-order valence-corrected chi connectivity index (χ4v) is 6.86. The minimum absolute atomic E-state index is 0.220. The zero-order valence-electron chi connectivity index (χ0n) is 16.6. The van der Waals surface area contributed by atoms with Crippen LogP contribution in [0.25, 0.3) is 0 Å². The maximum absolute atomic E-state index is 12.8. The fraction of sp³-hybridized carbons (Fsp3) is 0.913. The van der Waals surface area contributed by atoms with Crippen molar-refractivity contribution < 1.29 is 9.59 Å². The smallest absolute Gasteiger partial charge is 0.222 e. The molecule has 2 bridgehead atoms. The molecular formula is C23H37NO2. The maximum Gasteiger partial charge on any atom is 0.222 e. The molecule has 5 unspecified atom stereocenters. The van der Waals surface area contributed by atoms with Crippen molar-refractivity contribution in [3.05, 3.63) is 0 Å². The third-order valence-corrected chi connectivity index (χ3v) is 8.32. The van der Waals surface area contributed by atoms with E-state index < -0.39 is 0 Å². The van der Waals surface area contributed by atoms with Gasteiger partial charge in [-0.3, -0.25) is 9.59 Å². The van der Waals surface area contributed by atoms with E-state index in [0.29, 0.717) is 36.5 Å². The van der Waals surface area contributed by atoms with E-state index in [4.69, 9.17) is 0 Å². The van der Waals surface area contributed by atoms with Crippen LogP contribution in [0.4, 0.5) is 0 Å². The first-order chi connectivity index (χ1) is 12.6. The van der Waals surface area contributed by atoms with Gasteiger partial charge in [0.15, 0.2) is 0 Å². The minimum atomic E-state index is 0.220. The summed E-state index contributed by atoms with van der Waals surface area (Å²) in [4.78, 5) is 27.6. The Labute approximate surface area is 159 Å². The second-order valence-corrected chi connectivity index (χ2v) is 9.79. The molecule has 3 aliphatic carbocycles. The number of piperidine rings is 1. The second-order valence-electron chi connectivity index (χ2n) is 9.79. The number of hydrogen-bond acceptors (Lipinski definition) is 2. The van der Waals surface area contributed by atoms with Gasteiger partial charge in [0.1, 0.15) is 5.78 Å². The topological polar surface area (TPSA) is 37.4 Å². The lowest BCUT2D eigenvalue weighted by molar-refractivity contribution is -0.137. The molecule has 0 aromatic heterocycles. The van der Waals surface area contributed by atoms with E-state index >= 15 is 0 Å². The van der Waals surface area contributed by atoms with E-state index in [2.05, 4.69) is 11.8 Å². The lowest BCUT2D eigenvalue weighted by Gasteiger charge is -2.44.